The zero-order valence-corrected chi connectivity index (χ0v) is 14.9. The summed E-state index contributed by atoms with van der Waals surface area (Å²) in [6.45, 7) is 0.453. The molecular formula is C21H20FN3O2. The van der Waals surface area contributed by atoms with Gasteiger partial charge in [0.1, 0.15) is 11.6 Å². The van der Waals surface area contributed by atoms with Crippen LogP contribution in [0.5, 0.6) is 5.75 Å². The van der Waals surface area contributed by atoms with Crippen LogP contribution in [0.15, 0.2) is 67.0 Å². The maximum Gasteiger partial charge on any atom is 0.252 e. The summed E-state index contributed by atoms with van der Waals surface area (Å²) in [4.78, 5) is 16.5. The van der Waals surface area contributed by atoms with Crippen LogP contribution in [0, 0.1) is 5.82 Å². The summed E-state index contributed by atoms with van der Waals surface area (Å²) < 4.78 is 18.2. The van der Waals surface area contributed by atoms with Gasteiger partial charge in [-0.1, -0.05) is 24.3 Å². The smallest absolute Gasteiger partial charge is 0.252 e. The molecule has 138 valence electrons. The van der Waals surface area contributed by atoms with Gasteiger partial charge in [-0.15, -0.1) is 0 Å². The van der Waals surface area contributed by atoms with Gasteiger partial charge in [-0.05, 0) is 42.3 Å². The van der Waals surface area contributed by atoms with Gasteiger partial charge in [-0.2, -0.15) is 0 Å². The van der Waals surface area contributed by atoms with E-state index in [9.17, 15) is 9.18 Å². The van der Waals surface area contributed by atoms with Gasteiger partial charge >= 0.3 is 0 Å². The van der Waals surface area contributed by atoms with Crippen LogP contribution in [0.25, 0.3) is 0 Å². The second kappa shape index (κ2) is 8.80. The highest BCUT2D eigenvalue weighted by atomic mass is 19.1. The molecule has 3 aromatic rings. The number of ether oxygens (including phenoxy) is 1. The number of benzene rings is 2. The largest absolute Gasteiger partial charge is 0.495 e. The van der Waals surface area contributed by atoms with E-state index >= 15 is 0 Å². The molecule has 0 fully saturated rings. The number of nitrogens with zero attached hydrogens (tertiary/aromatic N) is 1. The van der Waals surface area contributed by atoms with Crippen molar-refractivity contribution in [3.63, 3.8) is 0 Å². The first-order chi connectivity index (χ1) is 13.2. The van der Waals surface area contributed by atoms with Crippen molar-refractivity contribution in [1.82, 2.24) is 10.3 Å². The van der Waals surface area contributed by atoms with Gasteiger partial charge in [-0.3, -0.25) is 9.78 Å². The minimum Gasteiger partial charge on any atom is -0.495 e. The standard InChI is InChI=1S/C21H20FN3O2/c1-27-20-5-3-2-4-19(20)25-18-12-16(13-23-14-18)21(26)24-11-10-15-6-8-17(22)9-7-15/h2-9,12-14,25H,10-11H2,1H3,(H,24,26). The van der Waals surface area contributed by atoms with Crippen molar-refractivity contribution in [2.75, 3.05) is 19.0 Å². The lowest BCUT2D eigenvalue weighted by Crippen LogP contribution is -2.25. The summed E-state index contributed by atoms with van der Waals surface area (Å²) in [5.74, 6) is 0.216. The number of aromatic nitrogens is 1. The Kier molecular flexibility index (Phi) is 5.99. The van der Waals surface area contributed by atoms with Gasteiger partial charge in [0.15, 0.2) is 0 Å². The Morgan fingerprint density at radius 1 is 1.11 bits per heavy atom. The lowest BCUT2D eigenvalue weighted by atomic mass is 10.1. The van der Waals surface area contributed by atoms with E-state index in [0.717, 1.165) is 11.3 Å². The van der Waals surface area contributed by atoms with Crippen molar-refractivity contribution < 1.29 is 13.9 Å². The van der Waals surface area contributed by atoms with E-state index < -0.39 is 0 Å². The molecule has 0 aliphatic carbocycles. The third-order valence-corrected chi connectivity index (χ3v) is 4.00. The molecule has 6 heteroatoms. The monoisotopic (exact) mass is 365 g/mol. The quantitative estimate of drug-likeness (QED) is 0.666. The van der Waals surface area contributed by atoms with Gasteiger partial charge in [0.2, 0.25) is 0 Å². The molecule has 0 bridgehead atoms. The highest BCUT2D eigenvalue weighted by molar-refractivity contribution is 5.94. The van der Waals surface area contributed by atoms with E-state index in [1.165, 1.54) is 18.3 Å². The fraction of sp³-hybridized carbons (Fsp3) is 0.143. The number of para-hydroxylation sites is 2. The topological polar surface area (TPSA) is 63.2 Å². The molecule has 1 aromatic heterocycles. The third kappa shape index (κ3) is 5.04. The van der Waals surface area contributed by atoms with Gasteiger partial charge in [0.05, 0.1) is 30.2 Å². The minimum atomic E-state index is -0.270. The number of hydrogen-bond acceptors (Lipinski definition) is 4. The van der Waals surface area contributed by atoms with Crippen LogP contribution in [-0.2, 0) is 6.42 Å². The number of carbonyl (C=O) groups excluding carboxylic acids is 1. The number of nitrogens with one attached hydrogen (secondary N) is 2. The summed E-state index contributed by atoms with van der Waals surface area (Å²) in [5.41, 5.74) is 2.89. The maximum atomic E-state index is 12.9. The average Bonchev–Trinajstić information content (AvgIpc) is 2.70. The molecule has 2 N–H and O–H groups in total. The molecule has 0 saturated heterocycles. The summed E-state index contributed by atoms with van der Waals surface area (Å²) in [6, 6.07) is 15.5. The Bertz CT molecular complexity index is 913. The number of carbonyl (C=O) groups is 1. The van der Waals surface area contributed by atoms with Gasteiger partial charge < -0.3 is 15.4 Å². The van der Waals surface area contributed by atoms with Crippen molar-refractivity contribution in [2.45, 2.75) is 6.42 Å². The molecule has 2 aromatic carbocycles. The van der Waals surface area contributed by atoms with Crippen molar-refractivity contribution >= 4 is 17.3 Å². The van der Waals surface area contributed by atoms with Crippen LogP contribution in [-0.4, -0.2) is 24.5 Å². The first kappa shape index (κ1) is 18.4. The predicted octanol–water partition coefficient (Wildman–Crippen LogP) is 3.95. The van der Waals surface area contributed by atoms with E-state index in [-0.39, 0.29) is 11.7 Å². The van der Waals surface area contributed by atoms with E-state index in [1.54, 1.807) is 31.5 Å². The first-order valence-electron chi connectivity index (χ1n) is 8.53. The Balaban J connectivity index is 1.60. The molecular weight excluding hydrogens is 345 g/mol. The average molecular weight is 365 g/mol. The van der Waals surface area contributed by atoms with Crippen LogP contribution < -0.4 is 15.4 Å². The SMILES string of the molecule is COc1ccccc1Nc1cncc(C(=O)NCCc2ccc(F)cc2)c1. The summed E-state index contributed by atoms with van der Waals surface area (Å²) in [5, 5.41) is 6.05. The summed E-state index contributed by atoms with van der Waals surface area (Å²) >= 11 is 0. The molecule has 0 aliphatic rings. The Morgan fingerprint density at radius 2 is 1.89 bits per heavy atom. The number of anilines is 2. The zero-order chi connectivity index (χ0) is 19.1. The van der Waals surface area contributed by atoms with Crippen molar-refractivity contribution in [1.29, 1.82) is 0 Å². The van der Waals surface area contributed by atoms with Gasteiger partial charge in [0, 0.05) is 12.7 Å². The van der Waals surface area contributed by atoms with Crippen molar-refractivity contribution in [3.05, 3.63) is 83.9 Å². The molecule has 1 heterocycles. The molecule has 0 spiro atoms. The molecule has 0 unspecified atom stereocenters. The predicted molar refractivity (Wildman–Crippen MR) is 103 cm³/mol. The molecule has 0 saturated carbocycles. The molecule has 5 nitrogen and oxygen atoms in total. The Labute approximate surface area is 157 Å². The lowest BCUT2D eigenvalue weighted by Gasteiger charge is -2.11. The van der Waals surface area contributed by atoms with Gasteiger partial charge in [-0.25, -0.2) is 4.39 Å². The van der Waals surface area contributed by atoms with E-state index in [4.69, 9.17) is 4.74 Å². The van der Waals surface area contributed by atoms with Crippen LogP contribution in [0.1, 0.15) is 15.9 Å². The van der Waals surface area contributed by atoms with Crippen molar-refractivity contribution in [3.8, 4) is 5.75 Å². The van der Waals surface area contributed by atoms with Crippen molar-refractivity contribution in [2.24, 2.45) is 0 Å². The molecule has 3 rings (SSSR count). The highest BCUT2D eigenvalue weighted by Gasteiger charge is 2.08. The Hall–Kier alpha value is -3.41. The number of hydrogen-bond donors (Lipinski definition) is 2. The molecule has 0 radical (unpaired) electrons. The molecule has 0 aliphatic heterocycles. The second-order valence-electron chi connectivity index (χ2n) is 5.92. The number of rotatable bonds is 7. The zero-order valence-electron chi connectivity index (χ0n) is 14.9. The van der Waals surface area contributed by atoms with Crippen LogP contribution >= 0.6 is 0 Å². The molecule has 27 heavy (non-hydrogen) atoms. The van der Waals surface area contributed by atoms with Crippen LogP contribution in [0.4, 0.5) is 15.8 Å². The fourth-order valence-electron chi connectivity index (χ4n) is 2.61. The first-order valence-corrected chi connectivity index (χ1v) is 8.53. The lowest BCUT2D eigenvalue weighted by molar-refractivity contribution is 0.0954. The van der Waals surface area contributed by atoms with E-state index in [2.05, 4.69) is 15.6 Å². The fourth-order valence-corrected chi connectivity index (χ4v) is 2.61. The van der Waals surface area contributed by atoms with Gasteiger partial charge in [0.25, 0.3) is 5.91 Å². The number of methoxy groups -OCH3 is 1. The normalized spacial score (nSPS) is 10.3. The van der Waals surface area contributed by atoms with E-state index in [0.29, 0.717) is 30.0 Å². The third-order valence-electron chi connectivity index (χ3n) is 4.00. The summed E-state index contributed by atoms with van der Waals surface area (Å²) in [6.07, 6.45) is 3.78. The molecule has 1 amide bonds. The second-order valence-corrected chi connectivity index (χ2v) is 5.92. The number of amides is 1. The highest BCUT2D eigenvalue weighted by Crippen LogP contribution is 2.26. The van der Waals surface area contributed by atoms with Crippen LogP contribution in [0.2, 0.25) is 0 Å². The van der Waals surface area contributed by atoms with Crippen LogP contribution in [0.3, 0.4) is 0 Å². The maximum absolute atomic E-state index is 12.9. The number of halogens is 1. The minimum absolute atomic E-state index is 0.215. The number of pyridine rings is 1. The summed E-state index contributed by atoms with van der Waals surface area (Å²) in [7, 11) is 1.60. The molecule has 0 atom stereocenters. The van der Waals surface area contributed by atoms with E-state index in [1.807, 2.05) is 24.3 Å². The Morgan fingerprint density at radius 3 is 2.67 bits per heavy atom.